The quantitative estimate of drug-likeness (QED) is 0.844. The smallest absolute Gasteiger partial charge is 0.242 e. The summed E-state index contributed by atoms with van der Waals surface area (Å²) in [6.07, 6.45) is 0. The van der Waals surface area contributed by atoms with Gasteiger partial charge in [0.05, 0.1) is 4.90 Å². The van der Waals surface area contributed by atoms with Crippen LogP contribution in [0.5, 0.6) is 0 Å². The topological polar surface area (TPSA) is 72.2 Å². The summed E-state index contributed by atoms with van der Waals surface area (Å²) in [6, 6.07) is 8.98. The Morgan fingerprint density at radius 1 is 1.30 bits per heavy atom. The largest absolute Gasteiger partial charge is 0.326 e. The van der Waals surface area contributed by atoms with Gasteiger partial charge in [0.25, 0.3) is 0 Å². The number of aryl methyl sites for hydroxylation is 1. The molecular formula is C13H15BrN2O2S2. The zero-order chi connectivity index (χ0) is 14.8. The summed E-state index contributed by atoms with van der Waals surface area (Å²) < 4.78 is 27.8. The van der Waals surface area contributed by atoms with Crippen LogP contribution in [0.15, 0.2) is 39.7 Å². The van der Waals surface area contributed by atoms with Gasteiger partial charge in [0.15, 0.2) is 0 Å². The molecule has 1 aromatic carbocycles. The zero-order valence-electron chi connectivity index (χ0n) is 10.9. The maximum atomic E-state index is 12.3. The molecule has 2 rings (SSSR count). The van der Waals surface area contributed by atoms with Gasteiger partial charge in [-0.25, -0.2) is 13.1 Å². The molecule has 0 amide bonds. The molecule has 0 fully saturated rings. The van der Waals surface area contributed by atoms with E-state index in [1.807, 2.05) is 19.1 Å². The maximum Gasteiger partial charge on any atom is 0.242 e. The van der Waals surface area contributed by atoms with E-state index in [9.17, 15) is 8.42 Å². The molecule has 0 unspecified atom stereocenters. The highest BCUT2D eigenvalue weighted by Crippen LogP contribution is 2.24. The van der Waals surface area contributed by atoms with Gasteiger partial charge in [0.1, 0.15) is 0 Å². The number of nitrogens with two attached hydrogens (primary N) is 1. The number of hydrogen-bond donors (Lipinski definition) is 2. The Kier molecular flexibility index (Phi) is 4.98. The number of benzene rings is 1. The molecule has 0 radical (unpaired) electrons. The highest BCUT2D eigenvalue weighted by Gasteiger charge is 2.18. The van der Waals surface area contributed by atoms with Crippen molar-refractivity contribution in [2.75, 3.05) is 0 Å². The summed E-state index contributed by atoms with van der Waals surface area (Å²) in [7, 11) is -3.56. The Labute approximate surface area is 131 Å². The van der Waals surface area contributed by atoms with E-state index in [0.717, 1.165) is 15.3 Å². The van der Waals surface area contributed by atoms with E-state index in [1.165, 1.54) is 0 Å². The molecule has 1 aromatic heterocycles. The van der Waals surface area contributed by atoms with Gasteiger partial charge in [-0.15, -0.1) is 11.3 Å². The molecule has 7 heteroatoms. The standard InChI is InChI=1S/C13H15BrN2O2S2/c1-9-2-4-11(19-9)8-16-20(17,18)13-6-10(7-15)3-5-12(13)14/h2-6,16H,7-8,15H2,1H3. The molecule has 3 N–H and O–H groups in total. The van der Waals surface area contributed by atoms with Crippen LogP contribution in [0.25, 0.3) is 0 Å². The zero-order valence-corrected chi connectivity index (χ0v) is 14.1. The van der Waals surface area contributed by atoms with Gasteiger partial charge >= 0.3 is 0 Å². The Hall–Kier alpha value is -0.730. The molecule has 0 aliphatic carbocycles. The van der Waals surface area contributed by atoms with Crippen molar-refractivity contribution < 1.29 is 8.42 Å². The second-order valence-electron chi connectivity index (χ2n) is 4.31. The lowest BCUT2D eigenvalue weighted by molar-refractivity contribution is 0.581. The monoisotopic (exact) mass is 374 g/mol. The Balaban J connectivity index is 2.21. The number of sulfonamides is 1. The van der Waals surface area contributed by atoms with Crippen LogP contribution >= 0.6 is 27.3 Å². The molecule has 0 saturated heterocycles. The van der Waals surface area contributed by atoms with Crippen molar-refractivity contribution in [2.24, 2.45) is 5.73 Å². The van der Waals surface area contributed by atoms with Crippen LogP contribution in [0.1, 0.15) is 15.3 Å². The fourth-order valence-electron chi connectivity index (χ4n) is 1.70. The Morgan fingerprint density at radius 2 is 2.05 bits per heavy atom. The lowest BCUT2D eigenvalue weighted by Gasteiger charge is -2.09. The predicted octanol–water partition coefficient (Wildman–Crippen LogP) is 2.76. The van der Waals surface area contributed by atoms with Crippen LogP contribution in [0.2, 0.25) is 0 Å². The first-order chi connectivity index (χ1) is 9.42. The van der Waals surface area contributed by atoms with Crippen LogP contribution in [-0.2, 0) is 23.1 Å². The van der Waals surface area contributed by atoms with Gasteiger partial charge in [0, 0.05) is 27.3 Å². The Bertz CT molecular complexity index is 711. The lowest BCUT2D eigenvalue weighted by atomic mass is 10.2. The fraction of sp³-hybridized carbons (Fsp3) is 0.231. The van der Waals surface area contributed by atoms with Crippen molar-refractivity contribution >= 4 is 37.3 Å². The molecule has 0 aliphatic heterocycles. The summed E-state index contributed by atoms with van der Waals surface area (Å²) in [4.78, 5) is 2.36. The number of hydrogen-bond acceptors (Lipinski definition) is 4. The number of nitrogens with one attached hydrogen (secondary N) is 1. The second-order valence-corrected chi connectivity index (χ2v) is 8.27. The lowest BCUT2D eigenvalue weighted by Crippen LogP contribution is -2.23. The summed E-state index contributed by atoms with van der Waals surface area (Å²) >= 11 is 4.85. The molecule has 0 atom stereocenters. The van der Waals surface area contributed by atoms with Crippen LogP contribution in [0, 0.1) is 6.92 Å². The third-order valence-electron chi connectivity index (χ3n) is 2.75. The minimum absolute atomic E-state index is 0.216. The van der Waals surface area contributed by atoms with E-state index in [0.29, 0.717) is 17.6 Å². The van der Waals surface area contributed by atoms with Crippen LogP contribution < -0.4 is 10.5 Å². The number of halogens is 1. The molecule has 108 valence electrons. The third kappa shape index (κ3) is 3.67. The minimum Gasteiger partial charge on any atom is -0.326 e. The predicted molar refractivity (Wildman–Crippen MR) is 85.1 cm³/mol. The van der Waals surface area contributed by atoms with Gasteiger partial charge in [-0.05, 0) is 52.7 Å². The van der Waals surface area contributed by atoms with E-state index in [-0.39, 0.29) is 4.90 Å². The second kappa shape index (κ2) is 6.36. The molecular weight excluding hydrogens is 360 g/mol. The first-order valence-electron chi connectivity index (χ1n) is 5.96. The van der Waals surface area contributed by atoms with Crippen molar-refractivity contribution in [3.63, 3.8) is 0 Å². The molecule has 0 aliphatic rings. The molecule has 0 spiro atoms. The molecule has 2 aromatic rings. The summed E-state index contributed by atoms with van der Waals surface area (Å²) in [5.41, 5.74) is 6.33. The van der Waals surface area contributed by atoms with Gasteiger partial charge < -0.3 is 5.73 Å². The van der Waals surface area contributed by atoms with Gasteiger partial charge in [-0.1, -0.05) is 6.07 Å². The van der Waals surface area contributed by atoms with Crippen LogP contribution in [0.3, 0.4) is 0 Å². The van der Waals surface area contributed by atoms with Gasteiger partial charge in [0.2, 0.25) is 10.0 Å². The molecule has 1 heterocycles. The van der Waals surface area contributed by atoms with Gasteiger partial charge in [-0.2, -0.15) is 0 Å². The first kappa shape index (κ1) is 15.7. The SMILES string of the molecule is Cc1ccc(CNS(=O)(=O)c2cc(CN)ccc2Br)s1. The number of rotatable bonds is 5. The fourth-order valence-corrected chi connectivity index (χ4v) is 4.64. The molecule has 4 nitrogen and oxygen atoms in total. The van der Waals surface area contributed by atoms with Crippen molar-refractivity contribution in [2.45, 2.75) is 24.9 Å². The molecule has 0 saturated carbocycles. The van der Waals surface area contributed by atoms with E-state index in [4.69, 9.17) is 5.73 Å². The normalized spacial score (nSPS) is 11.8. The minimum atomic E-state index is -3.56. The average molecular weight is 375 g/mol. The summed E-state index contributed by atoms with van der Waals surface area (Å²) in [6.45, 7) is 2.59. The third-order valence-corrected chi connectivity index (χ3v) is 6.15. The Morgan fingerprint density at radius 3 is 2.65 bits per heavy atom. The summed E-state index contributed by atoms with van der Waals surface area (Å²) in [5.74, 6) is 0. The molecule has 0 bridgehead atoms. The first-order valence-corrected chi connectivity index (χ1v) is 9.05. The van der Waals surface area contributed by atoms with E-state index < -0.39 is 10.0 Å². The van der Waals surface area contributed by atoms with E-state index in [1.54, 1.807) is 29.5 Å². The number of thiophene rings is 1. The highest BCUT2D eigenvalue weighted by molar-refractivity contribution is 9.10. The van der Waals surface area contributed by atoms with Crippen molar-refractivity contribution in [3.05, 3.63) is 50.1 Å². The highest BCUT2D eigenvalue weighted by atomic mass is 79.9. The van der Waals surface area contributed by atoms with Crippen molar-refractivity contribution in [3.8, 4) is 0 Å². The van der Waals surface area contributed by atoms with E-state index >= 15 is 0 Å². The van der Waals surface area contributed by atoms with Crippen LogP contribution in [-0.4, -0.2) is 8.42 Å². The average Bonchev–Trinajstić information content (AvgIpc) is 2.83. The maximum absolute atomic E-state index is 12.3. The van der Waals surface area contributed by atoms with Crippen molar-refractivity contribution in [1.29, 1.82) is 0 Å². The van der Waals surface area contributed by atoms with E-state index in [2.05, 4.69) is 20.7 Å². The summed E-state index contributed by atoms with van der Waals surface area (Å²) in [5, 5.41) is 0. The van der Waals surface area contributed by atoms with Crippen LogP contribution in [0.4, 0.5) is 0 Å². The van der Waals surface area contributed by atoms with Gasteiger partial charge in [-0.3, -0.25) is 0 Å². The van der Waals surface area contributed by atoms with Crippen molar-refractivity contribution in [1.82, 2.24) is 4.72 Å². The molecule has 20 heavy (non-hydrogen) atoms.